The second-order valence-corrected chi connectivity index (χ2v) is 7.13. The lowest BCUT2D eigenvalue weighted by Gasteiger charge is -2.26. The number of nitrogens with zero attached hydrogens (tertiary/aromatic N) is 3. The second-order valence-electron chi connectivity index (χ2n) is 7.13. The third kappa shape index (κ3) is 6.95. The summed E-state index contributed by atoms with van der Waals surface area (Å²) in [6.45, 7) is 1.85. The van der Waals surface area contributed by atoms with E-state index < -0.39 is 12.1 Å². The number of carboxylic acids is 1. The highest BCUT2D eigenvalue weighted by molar-refractivity contribution is 5.74. The van der Waals surface area contributed by atoms with Crippen LogP contribution in [-0.2, 0) is 30.9 Å². The van der Waals surface area contributed by atoms with Crippen LogP contribution in [0.5, 0.6) is 5.75 Å². The highest BCUT2D eigenvalue weighted by Crippen LogP contribution is 2.23. The number of carbonyl (C=O) groups is 2. The molecule has 4 rings (SSSR count). The van der Waals surface area contributed by atoms with Crippen LogP contribution in [0.25, 0.3) is 0 Å². The molecule has 3 heterocycles. The van der Waals surface area contributed by atoms with Crippen LogP contribution >= 0.6 is 0 Å². The van der Waals surface area contributed by atoms with Gasteiger partial charge < -0.3 is 24.6 Å². The molecular formula is C22H21F3N4O5. The van der Waals surface area contributed by atoms with E-state index in [4.69, 9.17) is 19.2 Å². The van der Waals surface area contributed by atoms with Gasteiger partial charge in [0.2, 0.25) is 0 Å². The topological polar surface area (TPSA) is 118 Å². The molecule has 0 fully saturated rings. The molecule has 1 aromatic carbocycles. The molecule has 0 atom stereocenters. The third-order valence-corrected chi connectivity index (χ3v) is 4.73. The molecule has 0 saturated carbocycles. The number of fused-ring (bicyclic) bond motifs is 1. The molecule has 180 valence electrons. The Kier molecular flexibility index (Phi) is 8.06. The quantitative estimate of drug-likeness (QED) is 0.576. The predicted molar refractivity (Wildman–Crippen MR) is 112 cm³/mol. The smallest absolute Gasteiger partial charge is 0.486 e. The molecular weight excluding hydrogens is 457 g/mol. The summed E-state index contributed by atoms with van der Waals surface area (Å²) in [6, 6.07) is 13.4. The molecule has 2 aromatic heterocycles. The third-order valence-electron chi connectivity index (χ3n) is 4.73. The SMILES string of the molecule is O=C(NCc1ccccc1)N1CCc2onc(COc3cccnc3)c2C1.O=C(O)C(F)(F)F. The van der Waals surface area contributed by atoms with E-state index in [1.807, 2.05) is 42.5 Å². The standard InChI is InChI=1S/C20H20N4O3.C2HF3O2/c25-20(22-11-15-5-2-1-3-6-15)24-10-8-19-17(13-24)18(23-27-19)14-26-16-7-4-9-21-12-16;3-2(4,5)1(6)7/h1-7,9,12H,8,10-11,13-14H2,(H,22,25);(H,6,7). The highest BCUT2D eigenvalue weighted by atomic mass is 19.4. The number of hydrogen-bond acceptors (Lipinski definition) is 6. The average molecular weight is 478 g/mol. The van der Waals surface area contributed by atoms with Gasteiger partial charge in [-0.3, -0.25) is 4.98 Å². The van der Waals surface area contributed by atoms with Crippen LogP contribution < -0.4 is 10.1 Å². The van der Waals surface area contributed by atoms with Gasteiger partial charge in [-0.2, -0.15) is 13.2 Å². The molecule has 0 unspecified atom stereocenters. The molecule has 0 aliphatic carbocycles. The number of carboxylic acid groups (broad SMARTS) is 1. The van der Waals surface area contributed by atoms with Gasteiger partial charge in [-0.05, 0) is 17.7 Å². The minimum atomic E-state index is -5.08. The summed E-state index contributed by atoms with van der Waals surface area (Å²) in [6.07, 6.45) is -1.10. The zero-order chi connectivity index (χ0) is 24.6. The lowest BCUT2D eigenvalue weighted by molar-refractivity contribution is -0.192. The van der Waals surface area contributed by atoms with E-state index in [0.717, 1.165) is 22.6 Å². The number of carbonyl (C=O) groups excluding carboxylic acids is 1. The van der Waals surface area contributed by atoms with Crippen molar-refractivity contribution in [3.05, 3.63) is 77.4 Å². The lowest BCUT2D eigenvalue weighted by atomic mass is 10.1. The number of nitrogens with one attached hydrogen (secondary N) is 1. The van der Waals surface area contributed by atoms with Crippen molar-refractivity contribution >= 4 is 12.0 Å². The fourth-order valence-corrected chi connectivity index (χ4v) is 3.02. The number of alkyl halides is 3. The van der Waals surface area contributed by atoms with Crippen molar-refractivity contribution in [2.45, 2.75) is 32.3 Å². The molecule has 0 radical (unpaired) electrons. The van der Waals surface area contributed by atoms with Crippen LogP contribution in [0.1, 0.15) is 22.6 Å². The maximum Gasteiger partial charge on any atom is 0.490 e. The average Bonchev–Trinajstić information content (AvgIpc) is 3.24. The van der Waals surface area contributed by atoms with Crippen molar-refractivity contribution in [1.82, 2.24) is 20.4 Å². The van der Waals surface area contributed by atoms with Crippen LogP contribution in [0.4, 0.5) is 18.0 Å². The first kappa shape index (κ1) is 24.6. The van der Waals surface area contributed by atoms with Crippen LogP contribution in [0.15, 0.2) is 59.4 Å². The zero-order valence-electron chi connectivity index (χ0n) is 17.8. The maximum atomic E-state index is 12.5. The molecule has 2 amide bonds. The molecule has 1 aliphatic rings. The van der Waals surface area contributed by atoms with Crippen LogP contribution in [0, 0.1) is 0 Å². The Morgan fingerprint density at radius 2 is 1.91 bits per heavy atom. The highest BCUT2D eigenvalue weighted by Gasteiger charge is 2.38. The maximum absolute atomic E-state index is 12.5. The van der Waals surface area contributed by atoms with E-state index in [-0.39, 0.29) is 12.6 Å². The summed E-state index contributed by atoms with van der Waals surface area (Å²) in [4.78, 5) is 27.2. The number of hydrogen-bond donors (Lipinski definition) is 2. The molecule has 34 heavy (non-hydrogen) atoms. The number of rotatable bonds is 5. The number of aliphatic carboxylic acids is 1. The molecule has 0 saturated heterocycles. The van der Waals surface area contributed by atoms with E-state index in [2.05, 4.69) is 15.5 Å². The first-order chi connectivity index (χ1) is 16.2. The molecule has 0 spiro atoms. The van der Waals surface area contributed by atoms with Crippen molar-refractivity contribution in [2.75, 3.05) is 6.54 Å². The largest absolute Gasteiger partial charge is 0.490 e. The van der Waals surface area contributed by atoms with E-state index in [1.54, 1.807) is 17.3 Å². The number of benzene rings is 1. The minimum Gasteiger partial charge on any atom is -0.486 e. The molecule has 9 nitrogen and oxygen atoms in total. The normalized spacial score (nSPS) is 12.7. The van der Waals surface area contributed by atoms with Crippen molar-refractivity contribution in [1.29, 1.82) is 0 Å². The monoisotopic (exact) mass is 478 g/mol. The van der Waals surface area contributed by atoms with Crippen molar-refractivity contribution < 1.29 is 37.1 Å². The Labute approximate surface area is 192 Å². The van der Waals surface area contributed by atoms with Crippen molar-refractivity contribution in [3.63, 3.8) is 0 Å². The summed E-state index contributed by atoms with van der Waals surface area (Å²) < 4.78 is 42.9. The van der Waals surface area contributed by atoms with Gasteiger partial charge in [0.05, 0.1) is 12.7 Å². The van der Waals surface area contributed by atoms with Gasteiger partial charge in [-0.25, -0.2) is 9.59 Å². The molecule has 2 N–H and O–H groups in total. The molecule has 12 heteroatoms. The van der Waals surface area contributed by atoms with E-state index in [0.29, 0.717) is 31.8 Å². The Morgan fingerprint density at radius 3 is 2.56 bits per heavy atom. The Morgan fingerprint density at radius 1 is 1.18 bits per heavy atom. The fourth-order valence-electron chi connectivity index (χ4n) is 3.02. The predicted octanol–water partition coefficient (Wildman–Crippen LogP) is 3.55. The summed E-state index contributed by atoms with van der Waals surface area (Å²) in [7, 11) is 0. The molecule has 0 bridgehead atoms. The van der Waals surface area contributed by atoms with E-state index in [1.165, 1.54) is 0 Å². The van der Waals surface area contributed by atoms with Gasteiger partial charge in [0, 0.05) is 31.3 Å². The number of ether oxygens (including phenoxy) is 1. The van der Waals surface area contributed by atoms with Gasteiger partial charge in [-0.15, -0.1) is 0 Å². The van der Waals surface area contributed by atoms with Crippen molar-refractivity contribution in [3.8, 4) is 5.75 Å². The summed E-state index contributed by atoms with van der Waals surface area (Å²) >= 11 is 0. The summed E-state index contributed by atoms with van der Waals surface area (Å²) in [5, 5.41) is 14.2. The van der Waals surface area contributed by atoms with Crippen LogP contribution in [-0.4, -0.2) is 44.9 Å². The summed E-state index contributed by atoms with van der Waals surface area (Å²) in [5.41, 5.74) is 2.72. The van der Waals surface area contributed by atoms with Crippen molar-refractivity contribution in [2.24, 2.45) is 0 Å². The Balaban J connectivity index is 0.000000406. The van der Waals surface area contributed by atoms with Crippen LogP contribution in [0.2, 0.25) is 0 Å². The zero-order valence-corrected chi connectivity index (χ0v) is 17.8. The van der Waals surface area contributed by atoms with Gasteiger partial charge in [0.25, 0.3) is 0 Å². The number of pyridine rings is 1. The fraction of sp³-hybridized carbons (Fsp3) is 0.273. The second kappa shape index (κ2) is 11.2. The first-order valence-corrected chi connectivity index (χ1v) is 10.1. The number of halogens is 3. The number of urea groups is 1. The number of amides is 2. The minimum absolute atomic E-state index is 0.0927. The molecule has 1 aliphatic heterocycles. The Hall–Kier alpha value is -4.09. The lowest BCUT2D eigenvalue weighted by Crippen LogP contribution is -2.42. The Bertz CT molecular complexity index is 1090. The van der Waals surface area contributed by atoms with Crippen LogP contribution in [0.3, 0.4) is 0 Å². The molecule has 3 aromatic rings. The van der Waals surface area contributed by atoms with Gasteiger partial charge in [-0.1, -0.05) is 35.5 Å². The summed E-state index contributed by atoms with van der Waals surface area (Å²) in [5.74, 6) is -1.26. The van der Waals surface area contributed by atoms with E-state index >= 15 is 0 Å². The van der Waals surface area contributed by atoms with Gasteiger partial charge >= 0.3 is 18.2 Å². The van der Waals surface area contributed by atoms with Gasteiger partial charge in [0.15, 0.2) is 0 Å². The van der Waals surface area contributed by atoms with Gasteiger partial charge in [0.1, 0.15) is 23.8 Å². The first-order valence-electron chi connectivity index (χ1n) is 10.1. The number of aromatic nitrogens is 2. The van der Waals surface area contributed by atoms with E-state index in [9.17, 15) is 18.0 Å².